The van der Waals surface area contributed by atoms with Crippen molar-refractivity contribution in [1.82, 2.24) is 24.3 Å². The Balaban J connectivity index is 1.28. The van der Waals surface area contributed by atoms with E-state index >= 15 is 0 Å². The summed E-state index contributed by atoms with van der Waals surface area (Å²) in [5.74, 6) is 0.671. The van der Waals surface area contributed by atoms with Crippen LogP contribution in [0.2, 0.25) is 0 Å². The molecule has 2 atom stereocenters. The molecule has 2 aromatic carbocycles. The Morgan fingerprint density at radius 1 is 1.09 bits per heavy atom. The highest BCUT2D eigenvalue weighted by molar-refractivity contribution is 7.89. The van der Waals surface area contributed by atoms with Crippen molar-refractivity contribution >= 4 is 21.6 Å². The average molecular weight is 629 g/mol. The van der Waals surface area contributed by atoms with Crippen LogP contribution in [0.3, 0.4) is 0 Å². The predicted octanol–water partition coefficient (Wildman–Crippen LogP) is 4.69. The maximum Gasteiger partial charge on any atom is 0.435 e. The van der Waals surface area contributed by atoms with E-state index in [1.54, 1.807) is 57.3 Å². The minimum Gasteiger partial charge on any atom is -0.454 e. The lowest BCUT2D eigenvalue weighted by molar-refractivity contribution is -0.142. The molecule has 3 aliphatic heterocycles. The average Bonchev–Trinajstić information content (AvgIpc) is 3.76. The van der Waals surface area contributed by atoms with Gasteiger partial charge >= 0.3 is 6.18 Å². The topological polar surface area (TPSA) is 123 Å². The molecule has 2 aromatic heterocycles. The molecule has 230 valence electrons. The van der Waals surface area contributed by atoms with E-state index in [0.717, 1.165) is 0 Å². The van der Waals surface area contributed by atoms with E-state index in [0.29, 0.717) is 29.3 Å². The number of carbonyl (C=O) groups excluding carboxylic acids is 1. The third-order valence-corrected chi connectivity index (χ3v) is 10.7. The summed E-state index contributed by atoms with van der Waals surface area (Å²) in [5.41, 5.74) is 0.620. The van der Waals surface area contributed by atoms with E-state index in [1.807, 2.05) is 0 Å². The normalized spacial score (nSPS) is 19.3. The van der Waals surface area contributed by atoms with Gasteiger partial charge in [-0.3, -0.25) is 9.89 Å². The van der Waals surface area contributed by atoms with Crippen molar-refractivity contribution in [2.75, 3.05) is 18.7 Å². The number of hydrogen-bond donors (Lipinski definition) is 1. The van der Waals surface area contributed by atoms with Gasteiger partial charge in [-0.2, -0.15) is 27.7 Å². The molecule has 2 bridgehead atoms. The summed E-state index contributed by atoms with van der Waals surface area (Å²) in [6.07, 6.45) is -4.20. The summed E-state index contributed by atoms with van der Waals surface area (Å²) >= 11 is 0. The summed E-state index contributed by atoms with van der Waals surface area (Å²) in [6.45, 7) is 3.20. The maximum absolute atomic E-state index is 14.5. The van der Waals surface area contributed by atoms with Crippen molar-refractivity contribution in [2.45, 2.75) is 56.3 Å². The fourth-order valence-corrected chi connectivity index (χ4v) is 8.73. The van der Waals surface area contributed by atoms with Gasteiger partial charge in [-0.25, -0.2) is 13.1 Å². The van der Waals surface area contributed by atoms with Crippen LogP contribution in [0, 0.1) is 13.8 Å². The summed E-state index contributed by atoms with van der Waals surface area (Å²) in [6, 6.07) is 9.68. The highest BCUT2D eigenvalue weighted by Gasteiger charge is 2.53. The maximum atomic E-state index is 14.5. The van der Waals surface area contributed by atoms with Gasteiger partial charge in [0.05, 0.1) is 28.8 Å². The number of hydrogen-bond acceptors (Lipinski definition) is 7. The van der Waals surface area contributed by atoms with Crippen molar-refractivity contribution < 1.29 is 35.9 Å². The molecule has 5 heterocycles. The molecule has 0 unspecified atom stereocenters. The van der Waals surface area contributed by atoms with Gasteiger partial charge < -0.3 is 14.4 Å². The number of H-pyrrole nitrogens is 1. The van der Waals surface area contributed by atoms with Gasteiger partial charge in [-0.05, 0) is 57.0 Å². The summed E-state index contributed by atoms with van der Waals surface area (Å²) < 4.78 is 84.4. The Hall–Kier alpha value is -4.37. The molecule has 11 nitrogen and oxygen atoms in total. The van der Waals surface area contributed by atoms with E-state index in [4.69, 9.17) is 9.47 Å². The minimum atomic E-state index is -4.84. The first-order valence-corrected chi connectivity index (χ1v) is 15.3. The lowest BCUT2D eigenvalue weighted by Gasteiger charge is -2.34. The van der Waals surface area contributed by atoms with Gasteiger partial charge in [0.2, 0.25) is 16.8 Å². The molecule has 4 aromatic rings. The predicted molar refractivity (Wildman–Crippen MR) is 150 cm³/mol. The Morgan fingerprint density at radius 3 is 2.59 bits per heavy atom. The van der Waals surface area contributed by atoms with Crippen LogP contribution < -0.4 is 14.4 Å². The molecule has 44 heavy (non-hydrogen) atoms. The number of alkyl halides is 3. The number of fused-ring (bicyclic) bond motifs is 5. The number of rotatable bonds is 5. The molecular weight excluding hydrogens is 601 g/mol. The SMILES string of the molecule is Cc1n[nH]c(C)c1S(=O)(=O)N1[C@H]2CC[C@@H]1c1c(C(F)(F)F)nn(-c3cccc(C(=O)N(C)c4ccc5c(c4)OCO5)c3)c1C2. The van der Waals surface area contributed by atoms with E-state index in [1.165, 1.54) is 20.0 Å². The van der Waals surface area contributed by atoms with Crippen LogP contribution in [-0.4, -0.2) is 58.5 Å². The first kappa shape index (κ1) is 28.4. The number of aromatic nitrogens is 4. The van der Waals surface area contributed by atoms with Crippen LogP contribution >= 0.6 is 0 Å². The number of nitrogens with zero attached hydrogens (tertiary/aromatic N) is 5. The highest BCUT2D eigenvalue weighted by atomic mass is 32.2. The lowest BCUT2D eigenvalue weighted by Crippen LogP contribution is -2.42. The monoisotopic (exact) mass is 628 g/mol. The number of aryl methyl sites for hydroxylation is 2. The Labute approximate surface area is 250 Å². The van der Waals surface area contributed by atoms with Gasteiger partial charge in [-0.1, -0.05) is 6.07 Å². The quantitative estimate of drug-likeness (QED) is 0.340. The third kappa shape index (κ3) is 4.28. The molecule has 1 N–H and O–H groups in total. The van der Waals surface area contributed by atoms with Crippen molar-refractivity contribution in [1.29, 1.82) is 0 Å². The summed E-state index contributed by atoms with van der Waals surface area (Å²) in [4.78, 5) is 14.9. The number of amides is 1. The largest absolute Gasteiger partial charge is 0.454 e. The zero-order valence-electron chi connectivity index (χ0n) is 23.8. The van der Waals surface area contributed by atoms with Crippen molar-refractivity contribution in [3.05, 3.63) is 76.4 Å². The van der Waals surface area contributed by atoms with Gasteiger partial charge in [0.15, 0.2) is 17.2 Å². The highest BCUT2D eigenvalue weighted by Crippen LogP contribution is 2.51. The Bertz CT molecular complexity index is 1920. The van der Waals surface area contributed by atoms with Crippen molar-refractivity contribution in [3.63, 3.8) is 0 Å². The first-order valence-electron chi connectivity index (χ1n) is 13.9. The number of nitrogens with one attached hydrogen (secondary N) is 1. The molecule has 0 saturated carbocycles. The number of halogens is 3. The fraction of sp³-hybridized carbons (Fsp3) is 0.345. The molecule has 1 fully saturated rings. The van der Waals surface area contributed by atoms with E-state index < -0.39 is 39.9 Å². The zero-order valence-corrected chi connectivity index (χ0v) is 24.7. The second-order valence-electron chi connectivity index (χ2n) is 11.1. The molecule has 15 heteroatoms. The number of benzene rings is 2. The molecule has 0 aliphatic carbocycles. The first-order chi connectivity index (χ1) is 20.9. The molecule has 3 aliphatic rings. The molecule has 0 radical (unpaired) electrons. The summed E-state index contributed by atoms with van der Waals surface area (Å²) in [7, 11) is -2.58. The molecular formula is C29H27F3N6O5S. The van der Waals surface area contributed by atoms with Crippen LogP contribution in [0.15, 0.2) is 47.4 Å². The standard InChI is InChI=1S/C29H27F3N6O5S/c1-15-26(16(2)34-33-15)44(40,41)38-20-7-9-21(38)25-22(12-20)37(35-27(25)29(30,31)32)19-6-4-5-17(11-19)28(39)36(3)18-8-10-23-24(13-18)43-14-42-23/h4-6,8,10-11,13,20-21H,7,9,12,14H2,1-3H3,(H,33,34)/t20-,21+/m0/s1. The van der Waals surface area contributed by atoms with Gasteiger partial charge in [0.25, 0.3) is 5.91 Å². The number of carbonyl (C=O) groups is 1. The molecule has 1 saturated heterocycles. The number of anilines is 1. The molecule has 1 amide bonds. The van der Waals surface area contributed by atoms with Crippen LogP contribution in [0.1, 0.15) is 57.6 Å². The van der Waals surface area contributed by atoms with E-state index in [-0.39, 0.29) is 52.7 Å². The number of sulfonamides is 1. The molecule has 0 spiro atoms. The second kappa shape index (κ2) is 9.82. The summed E-state index contributed by atoms with van der Waals surface area (Å²) in [5, 5.41) is 10.7. The smallest absolute Gasteiger partial charge is 0.435 e. The van der Waals surface area contributed by atoms with Crippen molar-refractivity contribution in [3.8, 4) is 17.2 Å². The van der Waals surface area contributed by atoms with Gasteiger partial charge in [0.1, 0.15) is 4.90 Å². The lowest BCUT2D eigenvalue weighted by atomic mass is 9.99. The van der Waals surface area contributed by atoms with E-state index in [2.05, 4.69) is 15.3 Å². The third-order valence-electron chi connectivity index (χ3n) is 8.47. The second-order valence-corrected chi connectivity index (χ2v) is 12.9. The van der Waals surface area contributed by atoms with Crippen LogP contribution in [0.5, 0.6) is 11.5 Å². The number of ether oxygens (including phenoxy) is 2. The van der Waals surface area contributed by atoms with Crippen molar-refractivity contribution in [2.24, 2.45) is 0 Å². The number of aromatic amines is 1. The van der Waals surface area contributed by atoms with Crippen LogP contribution in [0.25, 0.3) is 5.69 Å². The molecule has 7 rings (SSSR count). The Kier molecular flexibility index (Phi) is 6.34. The minimum absolute atomic E-state index is 0.0170. The fourth-order valence-electron chi connectivity index (χ4n) is 6.55. The van der Waals surface area contributed by atoms with E-state index in [9.17, 15) is 26.4 Å². The van der Waals surface area contributed by atoms with Crippen LogP contribution in [0.4, 0.5) is 18.9 Å². The van der Waals surface area contributed by atoms with Crippen LogP contribution in [-0.2, 0) is 22.6 Å². The zero-order chi connectivity index (χ0) is 31.1. The Morgan fingerprint density at radius 2 is 1.86 bits per heavy atom. The van der Waals surface area contributed by atoms with Gasteiger partial charge in [0, 0.05) is 42.4 Å². The van der Waals surface area contributed by atoms with Gasteiger partial charge in [-0.15, -0.1) is 0 Å².